The van der Waals surface area contributed by atoms with Crippen LogP contribution in [-0.2, 0) is 17.8 Å². The lowest BCUT2D eigenvalue weighted by molar-refractivity contribution is -0.138. The fourth-order valence-electron chi connectivity index (χ4n) is 2.24. The highest BCUT2D eigenvalue weighted by molar-refractivity contribution is 5.95. The molecule has 1 amide bonds. The maximum absolute atomic E-state index is 12.1. The molecule has 0 aromatic heterocycles. The Labute approximate surface area is 135 Å². The van der Waals surface area contributed by atoms with Crippen molar-refractivity contribution in [3.63, 3.8) is 0 Å². The Morgan fingerprint density at radius 1 is 1.09 bits per heavy atom. The summed E-state index contributed by atoms with van der Waals surface area (Å²) in [7, 11) is 0. The number of hydrogen-bond donors (Lipinski definition) is 3. The molecule has 2 aromatic carbocycles. The van der Waals surface area contributed by atoms with Crippen molar-refractivity contribution >= 4 is 11.9 Å². The minimum absolute atomic E-state index is 0.111. The first-order valence-electron chi connectivity index (χ1n) is 7.37. The van der Waals surface area contributed by atoms with Gasteiger partial charge in [0.1, 0.15) is 6.04 Å². The van der Waals surface area contributed by atoms with Crippen LogP contribution < -0.4 is 11.1 Å². The lowest BCUT2D eigenvalue weighted by Crippen LogP contribution is -2.32. The van der Waals surface area contributed by atoms with Crippen LogP contribution in [0.1, 0.15) is 27.0 Å². The smallest absolute Gasteiger partial charge is 0.320 e. The summed E-state index contributed by atoms with van der Waals surface area (Å²) in [5.41, 5.74) is 8.90. The van der Waals surface area contributed by atoms with E-state index in [2.05, 4.69) is 5.32 Å². The van der Waals surface area contributed by atoms with Crippen molar-refractivity contribution in [1.29, 1.82) is 0 Å². The zero-order valence-electron chi connectivity index (χ0n) is 13.0. The van der Waals surface area contributed by atoms with Gasteiger partial charge in [-0.3, -0.25) is 9.59 Å². The zero-order chi connectivity index (χ0) is 16.8. The quantitative estimate of drug-likeness (QED) is 0.759. The standard InChI is InChI=1S/C18H20N2O3/c1-12-4-2-3-5-15(12)17(21)20-11-14-8-6-13(7-9-14)10-16(19)18(22)23/h2-9,16H,10-11,19H2,1H3,(H,20,21)(H,22,23). The van der Waals surface area contributed by atoms with Crippen LogP contribution in [0.3, 0.4) is 0 Å². The van der Waals surface area contributed by atoms with E-state index in [1.54, 1.807) is 6.07 Å². The summed E-state index contributed by atoms with van der Waals surface area (Å²) in [6.45, 7) is 2.31. The van der Waals surface area contributed by atoms with Gasteiger partial charge in [-0.2, -0.15) is 0 Å². The van der Waals surface area contributed by atoms with E-state index in [0.29, 0.717) is 12.1 Å². The lowest BCUT2D eigenvalue weighted by atomic mass is 10.0. The fourth-order valence-corrected chi connectivity index (χ4v) is 2.24. The summed E-state index contributed by atoms with van der Waals surface area (Å²) in [6.07, 6.45) is 0.283. The third kappa shape index (κ3) is 4.66. The Morgan fingerprint density at radius 2 is 1.70 bits per heavy atom. The zero-order valence-corrected chi connectivity index (χ0v) is 13.0. The van der Waals surface area contributed by atoms with Gasteiger partial charge >= 0.3 is 5.97 Å². The Balaban J connectivity index is 1.93. The first kappa shape index (κ1) is 16.7. The normalized spacial score (nSPS) is 11.7. The molecule has 0 aliphatic rings. The Morgan fingerprint density at radius 3 is 2.30 bits per heavy atom. The van der Waals surface area contributed by atoms with Crippen molar-refractivity contribution in [2.24, 2.45) is 5.73 Å². The van der Waals surface area contributed by atoms with Gasteiger partial charge in [0.05, 0.1) is 0 Å². The molecule has 0 aliphatic carbocycles. The average Bonchev–Trinajstić information content (AvgIpc) is 2.54. The van der Waals surface area contributed by atoms with Gasteiger partial charge in [0.2, 0.25) is 0 Å². The Kier molecular flexibility index (Phi) is 5.49. The van der Waals surface area contributed by atoms with Gasteiger partial charge < -0.3 is 16.2 Å². The number of aliphatic carboxylic acids is 1. The maximum Gasteiger partial charge on any atom is 0.320 e. The van der Waals surface area contributed by atoms with Gasteiger partial charge in [-0.15, -0.1) is 0 Å². The molecule has 0 saturated carbocycles. The van der Waals surface area contributed by atoms with E-state index in [1.165, 1.54) is 0 Å². The lowest BCUT2D eigenvalue weighted by Gasteiger charge is -2.09. The fraction of sp³-hybridized carbons (Fsp3) is 0.222. The van der Waals surface area contributed by atoms with Crippen molar-refractivity contribution in [2.45, 2.75) is 25.9 Å². The van der Waals surface area contributed by atoms with Crippen LogP contribution in [0.4, 0.5) is 0 Å². The van der Waals surface area contributed by atoms with E-state index in [4.69, 9.17) is 10.8 Å². The van der Waals surface area contributed by atoms with E-state index in [0.717, 1.165) is 16.7 Å². The third-order valence-corrected chi connectivity index (χ3v) is 3.64. The van der Waals surface area contributed by atoms with E-state index in [1.807, 2.05) is 49.4 Å². The Hall–Kier alpha value is -2.66. The van der Waals surface area contributed by atoms with Crippen molar-refractivity contribution < 1.29 is 14.7 Å². The van der Waals surface area contributed by atoms with Gasteiger partial charge in [0.25, 0.3) is 5.91 Å². The van der Waals surface area contributed by atoms with Crippen LogP contribution in [0, 0.1) is 6.92 Å². The minimum Gasteiger partial charge on any atom is -0.480 e. The second-order valence-corrected chi connectivity index (χ2v) is 5.46. The number of amides is 1. The molecule has 0 radical (unpaired) electrons. The predicted molar refractivity (Wildman–Crippen MR) is 88.1 cm³/mol. The molecule has 2 rings (SSSR count). The third-order valence-electron chi connectivity index (χ3n) is 3.64. The number of carboxylic acid groups (broad SMARTS) is 1. The SMILES string of the molecule is Cc1ccccc1C(=O)NCc1ccc(CC(N)C(=O)O)cc1. The molecular formula is C18H20N2O3. The van der Waals surface area contributed by atoms with Crippen molar-refractivity contribution in [3.8, 4) is 0 Å². The molecule has 4 N–H and O–H groups in total. The van der Waals surface area contributed by atoms with E-state index >= 15 is 0 Å². The molecule has 0 saturated heterocycles. The van der Waals surface area contributed by atoms with E-state index in [9.17, 15) is 9.59 Å². The highest BCUT2D eigenvalue weighted by Gasteiger charge is 2.12. The first-order chi connectivity index (χ1) is 11.0. The van der Waals surface area contributed by atoms with Crippen molar-refractivity contribution in [3.05, 3.63) is 70.8 Å². The summed E-state index contributed by atoms with van der Waals surface area (Å²) < 4.78 is 0. The number of carbonyl (C=O) groups excluding carboxylic acids is 1. The number of rotatable bonds is 6. The van der Waals surface area contributed by atoms with Crippen molar-refractivity contribution in [1.82, 2.24) is 5.32 Å². The monoisotopic (exact) mass is 312 g/mol. The molecular weight excluding hydrogens is 292 g/mol. The number of carboxylic acids is 1. The highest BCUT2D eigenvalue weighted by atomic mass is 16.4. The minimum atomic E-state index is -1.01. The summed E-state index contributed by atoms with van der Waals surface area (Å²) in [4.78, 5) is 22.9. The summed E-state index contributed by atoms with van der Waals surface area (Å²) >= 11 is 0. The molecule has 0 fully saturated rings. The number of aryl methyl sites for hydroxylation is 1. The topological polar surface area (TPSA) is 92.4 Å². The number of hydrogen-bond acceptors (Lipinski definition) is 3. The molecule has 1 atom stereocenters. The van der Waals surface area contributed by atoms with Crippen LogP contribution in [0.15, 0.2) is 48.5 Å². The van der Waals surface area contributed by atoms with Crippen LogP contribution >= 0.6 is 0 Å². The summed E-state index contributed by atoms with van der Waals surface area (Å²) in [5, 5.41) is 11.7. The number of nitrogens with two attached hydrogens (primary N) is 1. The molecule has 0 spiro atoms. The molecule has 2 aromatic rings. The van der Waals surface area contributed by atoms with Crippen LogP contribution in [0.25, 0.3) is 0 Å². The second kappa shape index (κ2) is 7.56. The van der Waals surface area contributed by atoms with E-state index in [-0.39, 0.29) is 12.3 Å². The van der Waals surface area contributed by atoms with Crippen LogP contribution in [0.2, 0.25) is 0 Å². The second-order valence-electron chi connectivity index (χ2n) is 5.46. The molecule has 0 heterocycles. The van der Waals surface area contributed by atoms with Gasteiger partial charge in [-0.1, -0.05) is 42.5 Å². The number of carbonyl (C=O) groups is 2. The molecule has 1 unspecified atom stereocenters. The van der Waals surface area contributed by atoms with Crippen LogP contribution in [0.5, 0.6) is 0 Å². The summed E-state index contributed by atoms with van der Waals surface area (Å²) in [5.74, 6) is -1.13. The molecule has 0 bridgehead atoms. The molecule has 5 heteroatoms. The maximum atomic E-state index is 12.1. The van der Waals surface area contributed by atoms with Gasteiger partial charge in [-0.05, 0) is 36.1 Å². The number of benzene rings is 2. The largest absolute Gasteiger partial charge is 0.480 e. The van der Waals surface area contributed by atoms with Crippen LogP contribution in [-0.4, -0.2) is 23.0 Å². The molecule has 23 heavy (non-hydrogen) atoms. The molecule has 0 aliphatic heterocycles. The predicted octanol–water partition coefficient (Wildman–Crippen LogP) is 1.88. The first-order valence-corrected chi connectivity index (χ1v) is 7.37. The van der Waals surface area contributed by atoms with Gasteiger partial charge in [-0.25, -0.2) is 0 Å². The van der Waals surface area contributed by atoms with E-state index < -0.39 is 12.0 Å². The van der Waals surface area contributed by atoms with Crippen molar-refractivity contribution in [2.75, 3.05) is 0 Å². The highest BCUT2D eigenvalue weighted by Crippen LogP contribution is 2.09. The number of nitrogens with one attached hydrogen (secondary N) is 1. The molecule has 5 nitrogen and oxygen atoms in total. The van der Waals surface area contributed by atoms with Gasteiger partial charge in [0, 0.05) is 12.1 Å². The Bertz CT molecular complexity index is 696. The van der Waals surface area contributed by atoms with Gasteiger partial charge in [0.15, 0.2) is 0 Å². The average molecular weight is 312 g/mol. The summed E-state index contributed by atoms with van der Waals surface area (Å²) in [6, 6.07) is 13.9. The molecule has 120 valence electrons.